The van der Waals surface area contributed by atoms with Gasteiger partial charge in [0.15, 0.2) is 5.16 Å². The van der Waals surface area contributed by atoms with Crippen molar-refractivity contribution in [1.82, 2.24) is 9.97 Å². The van der Waals surface area contributed by atoms with E-state index in [1.54, 1.807) is 12.1 Å². The first-order valence-corrected chi connectivity index (χ1v) is 7.57. The molecule has 3 nitrogen and oxygen atoms in total. The molecule has 1 heterocycles. The van der Waals surface area contributed by atoms with Crippen molar-refractivity contribution in [2.75, 3.05) is 11.6 Å². The summed E-state index contributed by atoms with van der Waals surface area (Å²) in [5, 5.41) is 4.05. The summed E-state index contributed by atoms with van der Waals surface area (Å²) in [4.78, 5) is 8.32. The van der Waals surface area contributed by atoms with Crippen molar-refractivity contribution in [3.05, 3.63) is 38.8 Å². The second kappa shape index (κ2) is 6.03. The lowest BCUT2D eigenvalue weighted by molar-refractivity contribution is 0.627. The van der Waals surface area contributed by atoms with Gasteiger partial charge in [0, 0.05) is 9.64 Å². The molecule has 7 heteroatoms. The van der Waals surface area contributed by atoms with E-state index in [-0.39, 0.29) is 5.82 Å². The van der Waals surface area contributed by atoms with Crippen LogP contribution in [0.1, 0.15) is 0 Å². The summed E-state index contributed by atoms with van der Waals surface area (Å²) in [5.74, 6) is 0.319. The summed E-state index contributed by atoms with van der Waals surface area (Å²) in [6, 6.07) is 6.12. The molecule has 0 unspecified atom stereocenters. The van der Waals surface area contributed by atoms with E-state index in [0.717, 1.165) is 9.26 Å². The van der Waals surface area contributed by atoms with Crippen molar-refractivity contribution < 1.29 is 4.39 Å². The van der Waals surface area contributed by atoms with Gasteiger partial charge in [0.1, 0.15) is 16.8 Å². The van der Waals surface area contributed by atoms with Crippen LogP contribution in [-0.2, 0) is 0 Å². The third-order valence-electron chi connectivity index (χ3n) is 2.05. The van der Waals surface area contributed by atoms with E-state index in [1.807, 2.05) is 6.26 Å². The lowest BCUT2D eigenvalue weighted by atomic mass is 10.3. The number of aromatic nitrogens is 2. The number of nitrogens with zero attached hydrogens (tertiary/aromatic N) is 2. The summed E-state index contributed by atoms with van der Waals surface area (Å²) in [6.07, 6.45) is 1.87. The minimum Gasteiger partial charge on any atom is -0.339 e. The van der Waals surface area contributed by atoms with Gasteiger partial charge >= 0.3 is 0 Å². The number of hydrogen-bond acceptors (Lipinski definition) is 4. The molecule has 0 saturated heterocycles. The molecule has 0 atom stereocenters. The summed E-state index contributed by atoms with van der Waals surface area (Å²) in [7, 11) is 0. The molecule has 0 aliphatic heterocycles. The zero-order valence-corrected chi connectivity index (χ0v) is 13.0. The second-order valence-electron chi connectivity index (χ2n) is 3.31. The van der Waals surface area contributed by atoms with Gasteiger partial charge in [0.05, 0.1) is 5.69 Å². The Morgan fingerprint density at radius 3 is 2.78 bits per heavy atom. The fourth-order valence-electron chi connectivity index (χ4n) is 1.28. The van der Waals surface area contributed by atoms with E-state index in [4.69, 9.17) is 11.6 Å². The molecule has 0 saturated carbocycles. The highest BCUT2D eigenvalue weighted by Gasteiger charge is 2.06. The number of thioether (sulfide) groups is 1. The summed E-state index contributed by atoms with van der Waals surface area (Å²) in [6.45, 7) is 0. The minimum atomic E-state index is -0.268. The second-order valence-corrected chi connectivity index (χ2v) is 5.63. The van der Waals surface area contributed by atoms with Crippen molar-refractivity contribution in [2.45, 2.75) is 5.16 Å². The zero-order chi connectivity index (χ0) is 13.1. The fourth-order valence-corrected chi connectivity index (χ4v) is 2.51. The molecule has 2 rings (SSSR count). The molecular weight excluding hydrogens is 388 g/mol. The van der Waals surface area contributed by atoms with Gasteiger partial charge in [-0.15, -0.1) is 0 Å². The molecule has 2 aromatic rings. The number of hydrogen-bond donors (Lipinski definition) is 1. The standard InChI is InChI=1S/C11H8ClFIN3S/c1-18-11-16-9(12)5-10(17-11)15-8-3-2-6(13)4-7(8)14/h2-5H,1H3,(H,15,16,17). The van der Waals surface area contributed by atoms with Crippen LogP contribution in [0.3, 0.4) is 0 Å². The molecule has 1 aromatic heterocycles. The van der Waals surface area contributed by atoms with E-state index in [1.165, 1.54) is 23.9 Å². The highest BCUT2D eigenvalue weighted by molar-refractivity contribution is 14.1. The van der Waals surface area contributed by atoms with Crippen molar-refractivity contribution >= 4 is 57.5 Å². The Hall–Kier alpha value is -0.600. The summed E-state index contributed by atoms with van der Waals surface area (Å²) in [5.41, 5.74) is 0.777. The van der Waals surface area contributed by atoms with Crippen LogP contribution in [0.15, 0.2) is 29.4 Å². The van der Waals surface area contributed by atoms with E-state index < -0.39 is 0 Å². The minimum absolute atomic E-state index is 0.268. The highest BCUT2D eigenvalue weighted by atomic mass is 127. The highest BCUT2D eigenvalue weighted by Crippen LogP contribution is 2.24. The summed E-state index contributed by atoms with van der Waals surface area (Å²) < 4.78 is 13.8. The zero-order valence-electron chi connectivity index (χ0n) is 9.25. The largest absolute Gasteiger partial charge is 0.339 e. The average Bonchev–Trinajstić information content (AvgIpc) is 2.32. The third-order valence-corrected chi connectivity index (χ3v) is 3.68. The maximum Gasteiger partial charge on any atom is 0.190 e. The van der Waals surface area contributed by atoms with Gasteiger partial charge in [-0.3, -0.25) is 0 Å². The fraction of sp³-hybridized carbons (Fsp3) is 0.0909. The lowest BCUT2D eigenvalue weighted by Crippen LogP contribution is -1.98. The van der Waals surface area contributed by atoms with E-state index >= 15 is 0 Å². The van der Waals surface area contributed by atoms with Crippen LogP contribution in [-0.4, -0.2) is 16.2 Å². The normalized spacial score (nSPS) is 10.4. The van der Waals surface area contributed by atoms with E-state index in [2.05, 4.69) is 37.9 Å². The molecule has 94 valence electrons. The summed E-state index contributed by atoms with van der Waals surface area (Å²) >= 11 is 9.35. The van der Waals surface area contributed by atoms with Crippen molar-refractivity contribution in [1.29, 1.82) is 0 Å². The first kappa shape index (κ1) is 13.8. The van der Waals surface area contributed by atoms with Gasteiger partial charge in [-0.05, 0) is 47.0 Å². The lowest BCUT2D eigenvalue weighted by Gasteiger charge is -2.08. The first-order chi connectivity index (χ1) is 8.58. The van der Waals surface area contributed by atoms with Crippen LogP contribution in [0.4, 0.5) is 15.9 Å². The number of rotatable bonds is 3. The Labute approximate surface area is 127 Å². The predicted octanol–water partition coefficient (Wildman–Crippen LogP) is 4.34. The van der Waals surface area contributed by atoms with E-state index in [0.29, 0.717) is 16.1 Å². The average molecular weight is 396 g/mol. The van der Waals surface area contributed by atoms with Crippen molar-refractivity contribution in [3.63, 3.8) is 0 Å². The van der Waals surface area contributed by atoms with Gasteiger partial charge < -0.3 is 5.32 Å². The molecule has 0 amide bonds. The van der Waals surface area contributed by atoms with Gasteiger partial charge in [-0.25, -0.2) is 14.4 Å². The Kier molecular flexibility index (Phi) is 4.63. The van der Waals surface area contributed by atoms with Crippen LogP contribution >= 0.6 is 46.0 Å². The third kappa shape index (κ3) is 3.46. The Morgan fingerprint density at radius 1 is 1.33 bits per heavy atom. The van der Waals surface area contributed by atoms with Crippen LogP contribution in [0, 0.1) is 9.39 Å². The van der Waals surface area contributed by atoms with Gasteiger partial charge in [-0.1, -0.05) is 23.4 Å². The Bertz CT molecular complexity index is 582. The Morgan fingerprint density at radius 2 is 2.11 bits per heavy atom. The molecule has 0 aliphatic carbocycles. The quantitative estimate of drug-likeness (QED) is 0.363. The molecule has 1 aromatic carbocycles. The monoisotopic (exact) mass is 395 g/mol. The smallest absolute Gasteiger partial charge is 0.190 e. The molecule has 0 aliphatic rings. The maximum atomic E-state index is 13.0. The van der Waals surface area contributed by atoms with E-state index in [9.17, 15) is 4.39 Å². The van der Waals surface area contributed by atoms with Gasteiger partial charge in [-0.2, -0.15) is 0 Å². The predicted molar refractivity (Wildman–Crippen MR) is 81.2 cm³/mol. The molecule has 0 spiro atoms. The van der Waals surface area contributed by atoms with Crippen LogP contribution < -0.4 is 5.32 Å². The topological polar surface area (TPSA) is 37.8 Å². The molecular formula is C11H8ClFIN3S. The number of halogens is 3. The number of nitrogens with one attached hydrogen (secondary N) is 1. The molecule has 18 heavy (non-hydrogen) atoms. The van der Waals surface area contributed by atoms with Crippen LogP contribution in [0.5, 0.6) is 0 Å². The van der Waals surface area contributed by atoms with Gasteiger partial charge in [0.2, 0.25) is 0 Å². The number of anilines is 2. The van der Waals surface area contributed by atoms with Gasteiger partial charge in [0.25, 0.3) is 0 Å². The van der Waals surface area contributed by atoms with Crippen molar-refractivity contribution in [3.8, 4) is 0 Å². The molecule has 0 fully saturated rings. The van der Waals surface area contributed by atoms with Crippen LogP contribution in [0.2, 0.25) is 5.15 Å². The maximum absolute atomic E-state index is 13.0. The number of benzene rings is 1. The Balaban J connectivity index is 2.30. The SMILES string of the molecule is CSc1nc(Cl)cc(Nc2ccc(F)cc2I)n1. The molecule has 1 N–H and O–H groups in total. The van der Waals surface area contributed by atoms with Crippen LogP contribution in [0.25, 0.3) is 0 Å². The first-order valence-electron chi connectivity index (χ1n) is 4.89. The van der Waals surface area contributed by atoms with Crippen molar-refractivity contribution in [2.24, 2.45) is 0 Å². The molecule has 0 radical (unpaired) electrons. The molecule has 0 bridgehead atoms.